The lowest BCUT2D eigenvalue weighted by molar-refractivity contribution is -0.119. The zero-order valence-corrected chi connectivity index (χ0v) is 17.9. The van der Waals surface area contributed by atoms with E-state index in [4.69, 9.17) is 4.74 Å². The number of carbonyl (C=O) groups excluding carboxylic acids is 3. The molecule has 166 valence electrons. The van der Waals surface area contributed by atoms with Crippen molar-refractivity contribution in [2.24, 2.45) is 0 Å². The lowest BCUT2D eigenvalue weighted by Gasteiger charge is -2.12. The van der Waals surface area contributed by atoms with E-state index in [0.717, 1.165) is 0 Å². The van der Waals surface area contributed by atoms with Crippen molar-refractivity contribution in [2.45, 2.75) is 32.7 Å². The van der Waals surface area contributed by atoms with Crippen LogP contribution in [0.3, 0.4) is 0 Å². The highest BCUT2D eigenvalue weighted by atomic mass is 16.5. The average molecular weight is 435 g/mol. The van der Waals surface area contributed by atoms with Crippen LogP contribution in [0.5, 0.6) is 5.75 Å². The van der Waals surface area contributed by atoms with Gasteiger partial charge >= 0.3 is 0 Å². The van der Waals surface area contributed by atoms with Gasteiger partial charge in [-0.25, -0.2) is 9.67 Å². The number of anilines is 2. The summed E-state index contributed by atoms with van der Waals surface area (Å²) in [4.78, 5) is 40.6. The van der Waals surface area contributed by atoms with Gasteiger partial charge in [0.15, 0.2) is 5.78 Å². The molecule has 2 amide bonds. The highest BCUT2D eigenvalue weighted by molar-refractivity contribution is 6.00. The predicted molar refractivity (Wildman–Crippen MR) is 120 cm³/mol. The van der Waals surface area contributed by atoms with E-state index in [9.17, 15) is 14.4 Å². The van der Waals surface area contributed by atoms with Crippen LogP contribution in [0.1, 0.15) is 43.1 Å². The van der Waals surface area contributed by atoms with Crippen molar-refractivity contribution in [3.8, 4) is 5.75 Å². The van der Waals surface area contributed by atoms with Crippen molar-refractivity contribution in [3.63, 3.8) is 0 Å². The number of amides is 2. The van der Waals surface area contributed by atoms with Gasteiger partial charge < -0.3 is 15.4 Å². The topological polar surface area (TPSA) is 115 Å². The minimum absolute atomic E-state index is 0.0694. The Morgan fingerprint density at radius 3 is 2.22 bits per heavy atom. The van der Waals surface area contributed by atoms with Gasteiger partial charge in [0.25, 0.3) is 0 Å². The summed E-state index contributed by atoms with van der Waals surface area (Å²) in [5.41, 5.74) is 1.71. The lowest BCUT2D eigenvalue weighted by Crippen LogP contribution is -2.24. The van der Waals surface area contributed by atoms with E-state index >= 15 is 0 Å². The van der Waals surface area contributed by atoms with Crippen molar-refractivity contribution in [3.05, 3.63) is 66.7 Å². The van der Waals surface area contributed by atoms with E-state index < -0.39 is 6.04 Å². The number of carbonyl (C=O) groups is 3. The first-order valence-corrected chi connectivity index (χ1v) is 10.3. The highest BCUT2D eigenvalue weighted by Gasteiger charge is 2.15. The third-order valence-corrected chi connectivity index (χ3v) is 4.72. The van der Waals surface area contributed by atoms with Crippen LogP contribution in [-0.2, 0) is 9.59 Å². The SMILES string of the molecule is CCOc1ccc(C(=O)CCC(=O)Nc2ccc(NC(=O)[C@@H](C)n3cncn3)cc2)cc1. The van der Waals surface area contributed by atoms with Gasteiger partial charge in [-0.05, 0) is 62.4 Å². The summed E-state index contributed by atoms with van der Waals surface area (Å²) < 4.78 is 6.82. The van der Waals surface area contributed by atoms with Crippen molar-refractivity contribution >= 4 is 29.0 Å². The molecule has 0 unspecified atom stereocenters. The minimum Gasteiger partial charge on any atom is -0.494 e. The molecule has 0 aliphatic carbocycles. The molecule has 9 nitrogen and oxygen atoms in total. The predicted octanol–water partition coefficient (Wildman–Crippen LogP) is 3.48. The second kappa shape index (κ2) is 10.9. The van der Waals surface area contributed by atoms with Crippen LogP contribution >= 0.6 is 0 Å². The molecule has 32 heavy (non-hydrogen) atoms. The van der Waals surface area contributed by atoms with E-state index in [1.54, 1.807) is 55.5 Å². The van der Waals surface area contributed by atoms with E-state index in [1.165, 1.54) is 17.3 Å². The van der Waals surface area contributed by atoms with Gasteiger partial charge in [0.2, 0.25) is 11.8 Å². The largest absolute Gasteiger partial charge is 0.494 e. The molecule has 0 aliphatic heterocycles. The molecule has 3 rings (SSSR count). The molecule has 0 saturated heterocycles. The van der Waals surface area contributed by atoms with Gasteiger partial charge in [-0.2, -0.15) is 5.10 Å². The number of Topliss-reactive ketones (excluding diaryl/α,β-unsaturated/α-hetero) is 1. The quantitative estimate of drug-likeness (QED) is 0.471. The number of hydrogen-bond acceptors (Lipinski definition) is 6. The van der Waals surface area contributed by atoms with Crippen LogP contribution in [0.4, 0.5) is 11.4 Å². The van der Waals surface area contributed by atoms with Crippen molar-refractivity contribution in [1.82, 2.24) is 14.8 Å². The van der Waals surface area contributed by atoms with Gasteiger partial charge in [-0.1, -0.05) is 0 Å². The number of aromatic nitrogens is 3. The van der Waals surface area contributed by atoms with Crippen molar-refractivity contribution in [2.75, 3.05) is 17.2 Å². The maximum Gasteiger partial charge on any atom is 0.249 e. The second-order valence-corrected chi connectivity index (χ2v) is 7.05. The fourth-order valence-electron chi connectivity index (χ4n) is 2.92. The molecule has 0 spiro atoms. The van der Waals surface area contributed by atoms with Crippen molar-refractivity contribution < 1.29 is 19.1 Å². The molecule has 0 fully saturated rings. The first kappa shape index (κ1) is 22.7. The van der Waals surface area contributed by atoms with Crippen LogP contribution in [0.25, 0.3) is 0 Å². The molecular weight excluding hydrogens is 410 g/mol. The first-order chi connectivity index (χ1) is 15.5. The number of ether oxygens (including phenoxy) is 1. The van der Waals surface area contributed by atoms with E-state index in [0.29, 0.717) is 29.3 Å². The Balaban J connectivity index is 1.46. The van der Waals surface area contributed by atoms with E-state index in [1.807, 2.05) is 6.92 Å². The molecule has 0 saturated carbocycles. The summed E-state index contributed by atoms with van der Waals surface area (Å²) in [5.74, 6) is 0.0954. The van der Waals surface area contributed by atoms with Crippen molar-refractivity contribution in [1.29, 1.82) is 0 Å². The zero-order chi connectivity index (χ0) is 22.9. The number of ketones is 1. The molecule has 0 radical (unpaired) electrons. The standard InChI is InChI=1S/C23H25N5O4/c1-3-32-20-10-4-17(5-11-20)21(29)12-13-22(30)26-18-6-8-19(9-7-18)27-23(31)16(2)28-15-24-14-25-28/h4-11,14-16H,3,12-13H2,1-2H3,(H,26,30)(H,27,31)/t16-/m1/s1. The number of hydrogen-bond donors (Lipinski definition) is 2. The zero-order valence-electron chi connectivity index (χ0n) is 17.9. The summed E-state index contributed by atoms with van der Waals surface area (Å²) in [5, 5.41) is 9.49. The molecule has 1 atom stereocenters. The molecule has 0 aliphatic rings. The molecule has 2 aromatic carbocycles. The summed E-state index contributed by atoms with van der Waals surface area (Å²) in [7, 11) is 0. The van der Waals surface area contributed by atoms with Gasteiger partial charge in [0, 0.05) is 29.8 Å². The maximum atomic E-state index is 12.3. The van der Waals surface area contributed by atoms with Crippen LogP contribution in [0.2, 0.25) is 0 Å². The first-order valence-electron chi connectivity index (χ1n) is 10.3. The smallest absolute Gasteiger partial charge is 0.249 e. The molecule has 1 heterocycles. The maximum absolute atomic E-state index is 12.3. The van der Waals surface area contributed by atoms with Crippen LogP contribution in [0, 0.1) is 0 Å². The Bertz CT molecular complexity index is 1050. The number of nitrogens with zero attached hydrogens (tertiary/aromatic N) is 3. The Morgan fingerprint density at radius 1 is 0.969 bits per heavy atom. The summed E-state index contributed by atoms with van der Waals surface area (Å²) in [6.07, 6.45) is 3.02. The molecule has 1 aromatic heterocycles. The molecule has 2 N–H and O–H groups in total. The summed E-state index contributed by atoms with van der Waals surface area (Å²) in [6.45, 7) is 4.17. The Morgan fingerprint density at radius 2 is 1.62 bits per heavy atom. The Kier molecular flexibility index (Phi) is 7.69. The summed E-state index contributed by atoms with van der Waals surface area (Å²) >= 11 is 0. The van der Waals surface area contributed by atoms with Gasteiger partial charge in [0.1, 0.15) is 24.4 Å². The monoisotopic (exact) mass is 435 g/mol. The van der Waals surface area contributed by atoms with Gasteiger partial charge in [-0.3, -0.25) is 14.4 Å². The van der Waals surface area contributed by atoms with Crippen LogP contribution in [-0.4, -0.2) is 39.0 Å². The number of nitrogens with one attached hydrogen (secondary N) is 2. The minimum atomic E-state index is -0.509. The van der Waals surface area contributed by atoms with Gasteiger partial charge in [0.05, 0.1) is 6.61 Å². The number of rotatable bonds is 10. The second-order valence-electron chi connectivity index (χ2n) is 7.05. The average Bonchev–Trinajstić information content (AvgIpc) is 3.34. The third-order valence-electron chi connectivity index (χ3n) is 4.72. The van der Waals surface area contributed by atoms with Crippen LogP contribution in [0.15, 0.2) is 61.2 Å². The molecule has 9 heteroatoms. The van der Waals surface area contributed by atoms with E-state index in [-0.39, 0.29) is 30.4 Å². The Hall–Kier alpha value is -4.01. The Labute approximate surface area is 185 Å². The summed E-state index contributed by atoms with van der Waals surface area (Å²) in [6, 6.07) is 13.1. The van der Waals surface area contributed by atoms with Gasteiger partial charge in [-0.15, -0.1) is 0 Å². The molecule has 3 aromatic rings. The van der Waals surface area contributed by atoms with Crippen LogP contribution < -0.4 is 15.4 Å². The third kappa shape index (κ3) is 6.24. The molecular formula is C23H25N5O4. The fourth-order valence-corrected chi connectivity index (χ4v) is 2.92. The number of benzene rings is 2. The lowest BCUT2D eigenvalue weighted by atomic mass is 10.1. The molecule has 0 bridgehead atoms. The fraction of sp³-hybridized carbons (Fsp3) is 0.261. The van der Waals surface area contributed by atoms with E-state index in [2.05, 4.69) is 20.7 Å². The highest BCUT2D eigenvalue weighted by Crippen LogP contribution is 2.17. The normalized spacial score (nSPS) is 11.4.